The molecule has 0 radical (unpaired) electrons. The summed E-state index contributed by atoms with van der Waals surface area (Å²) in [6, 6.07) is 0. The van der Waals surface area contributed by atoms with E-state index in [-0.39, 0.29) is 12.8 Å². The molecule has 18 heavy (non-hydrogen) atoms. The second-order valence-electron chi connectivity index (χ2n) is 4.96. The lowest BCUT2D eigenvalue weighted by Gasteiger charge is -2.20. The molecular weight excluding hydrogens is 238 g/mol. The molecule has 1 aromatic rings. The molecule has 1 heterocycles. The quantitative estimate of drug-likeness (QED) is 0.804. The first-order valence-electron chi connectivity index (χ1n) is 5.61. The molecule has 0 saturated carbocycles. The minimum Gasteiger partial charge on any atom is -0.481 e. The average molecular weight is 255 g/mol. The Balaban J connectivity index is 2.58. The molecule has 1 rings (SSSR count). The molecular formula is C12H17NO5. The number of aliphatic carboxylic acids is 1. The molecule has 0 bridgehead atoms. The van der Waals surface area contributed by atoms with Crippen LogP contribution in [-0.2, 0) is 20.7 Å². The molecule has 0 aromatic carbocycles. The zero-order valence-electron chi connectivity index (χ0n) is 10.7. The third-order valence-corrected chi connectivity index (χ3v) is 2.09. The number of carboxylic acid groups (broad SMARTS) is 1. The van der Waals surface area contributed by atoms with Crippen molar-refractivity contribution >= 4 is 11.9 Å². The zero-order valence-corrected chi connectivity index (χ0v) is 10.7. The smallest absolute Gasteiger partial charge is 0.307 e. The lowest BCUT2D eigenvalue weighted by molar-refractivity contribution is -0.159. The van der Waals surface area contributed by atoms with Crippen LogP contribution < -0.4 is 0 Å². The van der Waals surface area contributed by atoms with Crippen LogP contribution in [0.1, 0.15) is 33.1 Å². The Bertz CT molecular complexity index is 405. The van der Waals surface area contributed by atoms with Crippen LogP contribution in [0.5, 0.6) is 0 Å². The predicted molar refractivity (Wildman–Crippen MR) is 61.8 cm³/mol. The predicted octanol–water partition coefficient (Wildman–Crippen LogP) is 1.65. The van der Waals surface area contributed by atoms with E-state index < -0.39 is 23.5 Å². The standard InChI is InChI=1S/C12H17NO5/c1-12(2,3)18-10(14)7-8(11(15)16)6-9-13-4-5-17-9/h4-5,8H,6-7H2,1-3H3,(H,15,16). The maximum atomic E-state index is 11.6. The van der Waals surface area contributed by atoms with Crippen molar-refractivity contribution in [2.75, 3.05) is 0 Å². The Kier molecular flexibility index (Phi) is 4.47. The van der Waals surface area contributed by atoms with Crippen LogP contribution in [0.4, 0.5) is 0 Å². The number of carboxylic acids is 1. The summed E-state index contributed by atoms with van der Waals surface area (Å²) in [6.07, 6.45) is 2.67. The van der Waals surface area contributed by atoms with Crippen LogP contribution in [0, 0.1) is 5.92 Å². The highest BCUT2D eigenvalue weighted by atomic mass is 16.6. The van der Waals surface area contributed by atoms with Gasteiger partial charge in [0.1, 0.15) is 11.9 Å². The van der Waals surface area contributed by atoms with E-state index in [1.807, 2.05) is 0 Å². The first-order chi connectivity index (χ1) is 8.28. The first-order valence-corrected chi connectivity index (χ1v) is 5.61. The highest BCUT2D eigenvalue weighted by molar-refractivity contribution is 5.79. The van der Waals surface area contributed by atoms with E-state index >= 15 is 0 Å². The van der Waals surface area contributed by atoms with Crippen molar-refractivity contribution < 1.29 is 23.8 Å². The van der Waals surface area contributed by atoms with Crippen molar-refractivity contribution in [2.45, 2.75) is 39.2 Å². The van der Waals surface area contributed by atoms with Crippen LogP contribution in [0.25, 0.3) is 0 Å². The van der Waals surface area contributed by atoms with Crippen LogP contribution >= 0.6 is 0 Å². The van der Waals surface area contributed by atoms with E-state index in [1.165, 1.54) is 12.5 Å². The van der Waals surface area contributed by atoms with Gasteiger partial charge in [-0.25, -0.2) is 4.98 Å². The Morgan fingerprint density at radius 2 is 2.17 bits per heavy atom. The highest BCUT2D eigenvalue weighted by Crippen LogP contribution is 2.15. The third-order valence-electron chi connectivity index (χ3n) is 2.09. The Morgan fingerprint density at radius 1 is 1.50 bits per heavy atom. The first kappa shape index (κ1) is 14.2. The lowest BCUT2D eigenvalue weighted by Crippen LogP contribution is -2.28. The largest absolute Gasteiger partial charge is 0.481 e. The molecule has 0 saturated heterocycles. The monoisotopic (exact) mass is 255 g/mol. The number of rotatable bonds is 5. The van der Waals surface area contributed by atoms with E-state index in [9.17, 15) is 9.59 Å². The van der Waals surface area contributed by atoms with Gasteiger partial charge in [-0.15, -0.1) is 0 Å². The molecule has 0 spiro atoms. The van der Waals surface area contributed by atoms with Gasteiger partial charge in [-0.3, -0.25) is 9.59 Å². The molecule has 1 aromatic heterocycles. The van der Waals surface area contributed by atoms with E-state index in [1.54, 1.807) is 20.8 Å². The Labute approximate surface area is 105 Å². The number of hydrogen-bond acceptors (Lipinski definition) is 5. The molecule has 6 nitrogen and oxygen atoms in total. The molecule has 0 fully saturated rings. The van der Waals surface area contributed by atoms with Gasteiger partial charge in [-0.05, 0) is 20.8 Å². The second kappa shape index (κ2) is 5.66. The molecule has 0 amide bonds. The van der Waals surface area contributed by atoms with Gasteiger partial charge in [0.2, 0.25) is 0 Å². The summed E-state index contributed by atoms with van der Waals surface area (Å²) in [4.78, 5) is 26.5. The fraction of sp³-hybridized carbons (Fsp3) is 0.583. The van der Waals surface area contributed by atoms with Crippen molar-refractivity contribution in [3.63, 3.8) is 0 Å². The van der Waals surface area contributed by atoms with Gasteiger partial charge in [-0.1, -0.05) is 0 Å². The summed E-state index contributed by atoms with van der Waals surface area (Å²) in [5.74, 6) is -2.20. The van der Waals surface area contributed by atoms with Crippen LogP contribution in [-0.4, -0.2) is 27.6 Å². The number of aromatic nitrogens is 1. The summed E-state index contributed by atoms with van der Waals surface area (Å²) in [7, 11) is 0. The van der Waals surface area contributed by atoms with Crippen molar-refractivity contribution in [3.05, 3.63) is 18.4 Å². The van der Waals surface area contributed by atoms with Gasteiger partial charge in [0.25, 0.3) is 0 Å². The molecule has 1 atom stereocenters. The second-order valence-corrected chi connectivity index (χ2v) is 4.96. The summed E-state index contributed by atoms with van der Waals surface area (Å²) in [5.41, 5.74) is -0.622. The normalized spacial score (nSPS) is 13.1. The Hall–Kier alpha value is -1.85. The molecule has 100 valence electrons. The van der Waals surface area contributed by atoms with Gasteiger partial charge in [0.05, 0.1) is 18.5 Å². The van der Waals surface area contributed by atoms with Gasteiger partial charge in [-0.2, -0.15) is 0 Å². The fourth-order valence-corrected chi connectivity index (χ4v) is 1.40. The molecule has 1 N–H and O–H groups in total. The number of nitrogens with zero attached hydrogens (tertiary/aromatic N) is 1. The number of carbonyl (C=O) groups is 2. The molecule has 0 aliphatic rings. The SMILES string of the molecule is CC(C)(C)OC(=O)CC(Cc1ncco1)C(=O)O. The van der Waals surface area contributed by atoms with Gasteiger partial charge >= 0.3 is 11.9 Å². The summed E-state index contributed by atoms with van der Waals surface area (Å²) < 4.78 is 10.1. The van der Waals surface area contributed by atoms with Crippen molar-refractivity contribution in [1.29, 1.82) is 0 Å². The maximum Gasteiger partial charge on any atom is 0.307 e. The zero-order chi connectivity index (χ0) is 13.8. The summed E-state index contributed by atoms with van der Waals surface area (Å²) in [6.45, 7) is 5.19. The molecule has 6 heteroatoms. The van der Waals surface area contributed by atoms with Crippen LogP contribution in [0.2, 0.25) is 0 Å². The van der Waals surface area contributed by atoms with Crippen LogP contribution in [0.15, 0.2) is 16.9 Å². The average Bonchev–Trinajstić information content (AvgIpc) is 2.66. The molecule has 1 unspecified atom stereocenters. The summed E-state index contributed by atoms with van der Waals surface area (Å²) in [5, 5.41) is 9.04. The van der Waals surface area contributed by atoms with Crippen molar-refractivity contribution in [1.82, 2.24) is 4.98 Å². The number of carbonyl (C=O) groups excluding carboxylic acids is 1. The minimum atomic E-state index is -1.07. The van der Waals surface area contributed by atoms with Crippen molar-refractivity contribution in [3.8, 4) is 0 Å². The topological polar surface area (TPSA) is 89.6 Å². The number of esters is 1. The van der Waals surface area contributed by atoms with Gasteiger partial charge in [0.15, 0.2) is 5.89 Å². The fourth-order valence-electron chi connectivity index (χ4n) is 1.40. The number of oxazole rings is 1. The van der Waals surface area contributed by atoms with Gasteiger partial charge < -0.3 is 14.3 Å². The number of ether oxygens (including phenoxy) is 1. The lowest BCUT2D eigenvalue weighted by atomic mass is 10.0. The molecule has 0 aliphatic heterocycles. The van der Waals surface area contributed by atoms with E-state index in [0.29, 0.717) is 5.89 Å². The highest BCUT2D eigenvalue weighted by Gasteiger charge is 2.26. The Morgan fingerprint density at radius 3 is 2.61 bits per heavy atom. The minimum absolute atomic E-state index is 0.0710. The van der Waals surface area contributed by atoms with Gasteiger partial charge in [0, 0.05) is 6.42 Å². The summed E-state index contributed by atoms with van der Waals surface area (Å²) >= 11 is 0. The third kappa shape index (κ3) is 4.99. The van der Waals surface area contributed by atoms with E-state index in [4.69, 9.17) is 14.3 Å². The maximum absolute atomic E-state index is 11.6. The van der Waals surface area contributed by atoms with Crippen LogP contribution in [0.3, 0.4) is 0 Å². The molecule has 0 aliphatic carbocycles. The van der Waals surface area contributed by atoms with E-state index in [2.05, 4.69) is 4.98 Å². The number of hydrogen-bond donors (Lipinski definition) is 1. The van der Waals surface area contributed by atoms with E-state index in [0.717, 1.165) is 0 Å². The van der Waals surface area contributed by atoms with Crippen molar-refractivity contribution in [2.24, 2.45) is 5.92 Å².